The zero-order chi connectivity index (χ0) is 13.7. The number of ether oxygens (including phenoxy) is 1. The van der Waals surface area contributed by atoms with E-state index in [0.29, 0.717) is 6.42 Å². The molecule has 0 saturated carbocycles. The Bertz CT molecular complexity index is 570. The van der Waals surface area contributed by atoms with Gasteiger partial charge in [0.2, 0.25) is 0 Å². The van der Waals surface area contributed by atoms with Crippen molar-refractivity contribution in [2.45, 2.75) is 6.42 Å². The van der Waals surface area contributed by atoms with E-state index < -0.39 is 11.8 Å². The summed E-state index contributed by atoms with van der Waals surface area (Å²) in [4.78, 5) is 11.7. The quantitative estimate of drug-likeness (QED) is 0.678. The maximum Gasteiger partial charge on any atom is 0.340 e. The molecule has 2 aromatic carbocycles. The number of hydrogen-bond acceptors (Lipinski definition) is 3. The van der Waals surface area contributed by atoms with Crippen molar-refractivity contribution in [2.75, 3.05) is 12.3 Å². The van der Waals surface area contributed by atoms with Crippen LogP contribution in [0.15, 0.2) is 48.5 Å². The summed E-state index contributed by atoms with van der Waals surface area (Å²) >= 11 is 0. The third kappa shape index (κ3) is 3.55. The van der Waals surface area contributed by atoms with E-state index in [1.54, 1.807) is 0 Å². The van der Waals surface area contributed by atoms with E-state index in [2.05, 4.69) is 0 Å². The van der Waals surface area contributed by atoms with Crippen LogP contribution in [-0.2, 0) is 11.2 Å². The highest BCUT2D eigenvalue weighted by Gasteiger charge is 2.11. The summed E-state index contributed by atoms with van der Waals surface area (Å²) < 4.78 is 18.0. The fraction of sp³-hybridized carbons (Fsp3) is 0.133. The van der Waals surface area contributed by atoms with Gasteiger partial charge in [0, 0.05) is 12.1 Å². The van der Waals surface area contributed by atoms with Crippen LogP contribution >= 0.6 is 0 Å². The van der Waals surface area contributed by atoms with Crippen LogP contribution in [0.1, 0.15) is 15.9 Å². The van der Waals surface area contributed by atoms with Crippen molar-refractivity contribution in [2.24, 2.45) is 0 Å². The molecule has 0 aliphatic carbocycles. The Morgan fingerprint density at radius 2 is 1.89 bits per heavy atom. The van der Waals surface area contributed by atoms with Gasteiger partial charge in [-0.05, 0) is 23.8 Å². The maximum atomic E-state index is 12.9. The number of carbonyl (C=O) groups is 1. The second-order valence-corrected chi connectivity index (χ2v) is 4.10. The Morgan fingerprint density at radius 3 is 2.58 bits per heavy atom. The first-order chi connectivity index (χ1) is 9.16. The zero-order valence-electron chi connectivity index (χ0n) is 10.3. The van der Waals surface area contributed by atoms with E-state index in [1.807, 2.05) is 30.3 Å². The predicted octanol–water partition coefficient (Wildman–Crippen LogP) is 2.81. The van der Waals surface area contributed by atoms with Crippen molar-refractivity contribution in [1.29, 1.82) is 0 Å². The normalized spacial score (nSPS) is 10.2. The molecule has 0 atom stereocenters. The van der Waals surface area contributed by atoms with Gasteiger partial charge in [0.1, 0.15) is 5.82 Å². The van der Waals surface area contributed by atoms with E-state index in [9.17, 15) is 9.18 Å². The Labute approximate surface area is 110 Å². The molecule has 0 spiro atoms. The minimum atomic E-state index is -0.534. The van der Waals surface area contributed by atoms with Gasteiger partial charge in [-0.3, -0.25) is 0 Å². The van der Waals surface area contributed by atoms with Crippen molar-refractivity contribution in [1.82, 2.24) is 0 Å². The van der Waals surface area contributed by atoms with Crippen LogP contribution < -0.4 is 5.73 Å². The highest BCUT2D eigenvalue weighted by atomic mass is 19.1. The van der Waals surface area contributed by atoms with Gasteiger partial charge in [0.15, 0.2) is 0 Å². The van der Waals surface area contributed by atoms with Crippen LogP contribution in [0.4, 0.5) is 10.1 Å². The molecular formula is C15H14FNO2. The lowest BCUT2D eigenvalue weighted by Gasteiger charge is -2.07. The minimum Gasteiger partial charge on any atom is -0.462 e. The van der Waals surface area contributed by atoms with Gasteiger partial charge in [0.05, 0.1) is 12.2 Å². The average Bonchev–Trinajstić information content (AvgIpc) is 2.39. The van der Waals surface area contributed by atoms with E-state index >= 15 is 0 Å². The lowest BCUT2D eigenvalue weighted by atomic mass is 10.1. The van der Waals surface area contributed by atoms with Crippen molar-refractivity contribution >= 4 is 11.7 Å². The zero-order valence-corrected chi connectivity index (χ0v) is 10.3. The highest BCUT2D eigenvalue weighted by Crippen LogP contribution is 2.14. The molecular weight excluding hydrogens is 245 g/mol. The van der Waals surface area contributed by atoms with Crippen molar-refractivity contribution < 1.29 is 13.9 Å². The van der Waals surface area contributed by atoms with E-state index in [-0.39, 0.29) is 17.9 Å². The average molecular weight is 259 g/mol. The van der Waals surface area contributed by atoms with Crippen LogP contribution in [0, 0.1) is 5.82 Å². The van der Waals surface area contributed by atoms with E-state index in [4.69, 9.17) is 10.5 Å². The monoisotopic (exact) mass is 259 g/mol. The first-order valence-electron chi connectivity index (χ1n) is 5.93. The molecule has 0 radical (unpaired) electrons. The van der Waals surface area contributed by atoms with E-state index in [0.717, 1.165) is 11.6 Å². The van der Waals surface area contributed by atoms with Crippen LogP contribution in [0.25, 0.3) is 0 Å². The second-order valence-electron chi connectivity index (χ2n) is 4.10. The molecule has 0 amide bonds. The number of benzene rings is 2. The third-order valence-electron chi connectivity index (χ3n) is 2.70. The van der Waals surface area contributed by atoms with Crippen LogP contribution in [0.5, 0.6) is 0 Å². The summed E-state index contributed by atoms with van der Waals surface area (Å²) in [6.45, 7) is 0.264. The summed E-state index contributed by atoms with van der Waals surface area (Å²) in [7, 11) is 0. The number of nitrogens with two attached hydrogens (primary N) is 1. The molecule has 2 N–H and O–H groups in total. The largest absolute Gasteiger partial charge is 0.462 e. The molecule has 0 aromatic heterocycles. The van der Waals surface area contributed by atoms with Gasteiger partial charge < -0.3 is 10.5 Å². The Kier molecular flexibility index (Phi) is 4.13. The SMILES string of the molecule is Nc1cc(F)ccc1C(=O)OCCc1ccccc1. The molecule has 0 unspecified atom stereocenters. The van der Waals surface area contributed by atoms with Gasteiger partial charge in [-0.1, -0.05) is 30.3 Å². The third-order valence-corrected chi connectivity index (χ3v) is 2.70. The van der Waals surface area contributed by atoms with Gasteiger partial charge in [-0.2, -0.15) is 0 Å². The molecule has 98 valence electrons. The van der Waals surface area contributed by atoms with Crippen LogP contribution in [0.3, 0.4) is 0 Å². The number of halogens is 1. The van der Waals surface area contributed by atoms with Gasteiger partial charge in [0.25, 0.3) is 0 Å². The van der Waals surface area contributed by atoms with Crippen molar-refractivity contribution in [3.63, 3.8) is 0 Å². The number of hydrogen-bond donors (Lipinski definition) is 1. The number of esters is 1. The first-order valence-corrected chi connectivity index (χ1v) is 5.93. The Balaban J connectivity index is 1.91. The molecule has 0 aliphatic heterocycles. The number of carbonyl (C=O) groups excluding carboxylic acids is 1. The highest BCUT2D eigenvalue weighted by molar-refractivity contribution is 5.94. The molecule has 4 heteroatoms. The predicted molar refractivity (Wildman–Crippen MR) is 71.2 cm³/mol. The summed E-state index contributed by atoms with van der Waals surface area (Å²) in [5.41, 5.74) is 6.93. The molecule has 2 aromatic rings. The fourth-order valence-corrected chi connectivity index (χ4v) is 1.70. The van der Waals surface area contributed by atoms with Gasteiger partial charge >= 0.3 is 5.97 Å². The maximum absolute atomic E-state index is 12.9. The summed E-state index contributed by atoms with van der Waals surface area (Å²) in [6, 6.07) is 13.3. The molecule has 2 rings (SSSR count). The van der Waals surface area contributed by atoms with Crippen molar-refractivity contribution in [3.05, 3.63) is 65.5 Å². The Hall–Kier alpha value is -2.36. The lowest BCUT2D eigenvalue weighted by Crippen LogP contribution is -2.10. The van der Waals surface area contributed by atoms with Gasteiger partial charge in [-0.25, -0.2) is 9.18 Å². The molecule has 3 nitrogen and oxygen atoms in total. The number of rotatable bonds is 4. The standard InChI is InChI=1S/C15H14FNO2/c16-12-6-7-13(14(17)10-12)15(18)19-9-8-11-4-2-1-3-5-11/h1-7,10H,8-9,17H2. The van der Waals surface area contributed by atoms with E-state index in [1.165, 1.54) is 12.1 Å². The number of nitrogen functional groups attached to an aromatic ring is 1. The molecule has 0 heterocycles. The van der Waals surface area contributed by atoms with Crippen LogP contribution in [0.2, 0.25) is 0 Å². The molecule has 0 bridgehead atoms. The first kappa shape index (κ1) is 13.1. The van der Waals surface area contributed by atoms with Gasteiger partial charge in [-0.15, -0.1) is 0 Å². The number of anilines is 1. The summed E-state index contributed by atoms with van der Waals surface area (Å²) in [6.07, 6.45) is 0.633. The molecule has 0 fully saturated rings. The molecule has 0 saturated heterocycles. The smallest absolute Gasteiger partial charge is 0.340 e. The summed E-state index contributed by atoms with van der Waals surface area (Å²) in [5, 5.41) is 0. The topological polar surface area (TPSA) is 52.3 Å². The second kappa shape index (κ2) is 6.00. The summed E-state index contributed by atoms with van der Waals surface area (Å²) in [5.74, 6) is -1.01. The lowest BCUT2D eigenvalue weighted by molar-refractivity contribution is 0.0510. The van der Waals surface area contributed by atoms with Crippen LogP contribution in [-0.4, -0.2) is 12.6 Å². The Morgan fingerprint density at radius 1 is 1.16 bits per heavy atom. The molecule has 19 heavy (non-hydrogen) atoms. The fourth-order valence-electron chi connectivity index (χ4n) is 1.70. The molecule has 0 aliphatic rings. The van der Waals surface area contributed by atoms with Crippen molar-refractivity contribution in [3.8, 4) is 0 Å². The minimum absolute atomic E-state index is 0.0877.